The fraction of sp³-hybridized carbons (Fsp3) is 0.0833. The second kappa shape index (κ2) is 3.58. The van der Waals surface area contributed by atoms with Crippen molar-refractivity contribution < 1.29 is 8.96 Å². The molecule has 0 amide bonds. The summed E-state index contributed by atoms with van der Waals surface area (Å²) < 4.78 is 15.3. The molecule has 1 heterocycles. The van der Waals surface area contributed by atoms with E-state index in [-0.39, 0.29) is 5.82 Å². The fourth-order valence-electron chi connectivity index (χ4n) is 1.38. The third-order valence-corrected chi connectivity index (χ3v) is 2.16. The third-order valence-electron chi connectivity index (χ3n) is 2.16. The minimum Gasteiger partial charge on any atom is -0.208 e. The summed E-state index contributed by atoms with van der Waals surface area (Å²) in [7, 11) is 1.94. The van der Waals surface area contributed by atoms with Gasteiger partial charge in [0, 0.05) is 17.7 Å². The van der Waals surface area contributed by atoms with Gasteiger partial charge in [0.05, 0.1) is 0 Å². The average Bonchev–Trinajstić information content (AvgIpc) is 2.20. The molecule has 0 saturated carbocycles. The Morgan fingerprint density at radius 3 is 2.29 bits per heavy atom. The summed E-state index contributed by atoms with van der Waals surface area (Å²) in [6.07, 6.45) is 3.81. The Kier molecular flexibility index (Phi) is 2.27. The first-order valence-electron chi connectivity index (χ1n) is 4.47. The fourth-order valence-corrected chi connectivity index (χ4v) is 1.38. The molecule has 0 fully saturated rings. The number of hydrogen-bond acceptors (Lipinski definition) is 0. The smallest absolute Gasteiger partial charge is 0.169 e. The van der Waals surface area contributed by atoms with E-state index in [0.29, 0.717) is 5.56 Å². The molecule has 70 valence electrons. The number of benzene rings is 1. The van der Waals surface area contributed by atoms with Crippen LogP contribution in [-0.2, 0) is 7.05 Å². The number of rotatable bonds is 1. The SMILES string of the molecule is C[n+]1ccc(-c2ccccc2F)cc1. The van der Waals surface area contributed by atoms with Crippen LogP contribution in [0.3, 0.4) is 0 Å². The predicted molar refractivity (Wildman–Crippen MR) is 53.0 cm³/mol. The first-order valence-corrected chi connectivity index (χ1v) is 4.47. The van der Waals surface area contributed by atoms with E-state index in [0.717, 1.165) is 5.56 Å². The normalized spacial score (nSPS) is 10.1. The van der Waals surface area contributed by atoms with Crippen LogP contribution in [0.1, 0.15) is 0 Å². The van der Waals surface area contributed by atoms with Gasteiger partial charge in [0.15, 0.2) is 12.4 Å². The Morgan fingerprint density at radius 1 is 1.00 bits per heavy atom. The van der Waals surface area contributed by atoms with Gasteiger partial charge in [-0.25, -0.2) is 8.96 Å². The van der Waals surface area contributed by atoms with Crippen molar-refractivity contribution in [1.29, 1.82) is 0 Å². The largest absolute Gasteiger partial charge is 0.208 e. The summed E-state index contributed by atoms with van der Waals surface area (Å²) in [5, 5.41) is 0. The molecule has 14 heavy (non-hydrogen) atoms. The van der Waals surface area contributed by atoms with E-state index in [4.69, 9.17) is 0 Å². The molecule has 0 aliphatic heterocycles. The Labute approximate surface area is 82.4 Å². The Balaban J connectivity index is 2.50. The van der Waals surface area contributed by atoms with Crippen molar-refractivity contribution in [3.8, 4) is 11.1 Å². The summed E-state index contributed by atoms with van der Waals surface area (Å²) in [4.78, 5) is 0. The van der Waals surface area contributed by atoms with Crippen molar-refractivity contribution in [2.75, 3.05) is 0 Å². The highest BCUT2D eigenvalue weighted by Gasteiger charge is 2.04. The van der Waals surface area contributed by atoms with Crippen LogP contribution in [-0.4, -0.2) is 0 Å². The molecule has 1 aromatic carbocycles. The van der Waals surface area contributed by atoms with Crippen LogP contribution in [0.2, 0.25) is 0 Å². The predicted octanol–water partition coefficient (Wildman–Crippen LogP) is 2.32. The minimum atomic E-state index is -0.179. The summed E-state index contributed by atoms with van der Waals surface area (Å²) in [5.41, 5.74) is 1.55. The number of aryl methyl sites for hydroxylation is 1. The molecular formula is C12H11FN+. The van der Waals surface area contributed by atoms with Crippen LogP contribution in [0.4, 0.5) is 4.39 Å². The van der Waals surface area contributed by atoms with Crippen molar-refractivity contribution >= 4 is 0 Å². The van der Waals surface area contributed by atoms with Crippen LogP contribution in [0.5, 0.6) is 0 Å². The lowest BCUT2D eigenvalue weighted by Crippen LogP contribution is -2.25. The monoisotopic (exact) mass is 188 g/mol. The van der Waals surface area contributed by atoms with E-state index >= 15 is 0 Å². The van der Waals surface area contributed by atoms with Gasteiger partial charge in [0.1, 0.15) is 12.9 Å². The van der Waals surface area contributed by atoms with E-state index in [2.05, 4.69) is 0 Å². The van der Waals surface area contributed by atoms with Gasteiger partial charge >= 0.3 is 0 Å². The molecule has 0 unspecified atom stereocenters. The second-order valence-corrected chi connectivity index (χ2v) is 3.23. The van der Waals surface area contributed by atoms with Crippen molar-refractivity contribution in [3.05, 3.63) is 54.6 Å². The maximum Gasteiger partial charge on any atom is 0.169 e. The van der Waals surface area contributed by atoms with Gasteiger partial charge in [0.25, 0.3) is 0 Å². The van der Waals surface area contributed by atoms with E-state index in [1.807, 2.05) is 42.2 Å². The lowest BCUT2D eigenvalue weighted by Gasteiger charge is -2.00. The van der Waals surface area contributed by atoms with E-state index in [1.54, 1.807) is 12.1 Å². The van der Waals surface area contributed by atoms with Gasteiger partial charge in [-0.2, -0.15) is 0 Å². The molecule has 1 nitrogen and oxygen atoms in total. The lowest BCUT2D eigenvalue weighted by atomic mass is 10.1. The van der Waals surface area contributed by atoms with Gasteiger partial charge in [-0.05, 0) is 11.6 Å². The molecule has 0 N–H and O–H groups in total. The van der Waals surface area contributed by atoms with E-state index < -0.39 is 0 Å². The van der Waals surface area contributed by atoms with E-state index in [9.17, 15) is 4.39 Å². The number of pyridine rings is 1. The highest BCUT2D eigenvalue weighted by Crippen LogP contribution is 2.20. The first kappa shape index (κ1) is 8.88. The summed E-state index contributed by atoms with van der Waals surface area (Å²) in [5.74, 6) is -0.179. The number of nitrogens with zero attached hydrogens (tertiary/aromatic N) is 1. The zero-order valence-electron chi connectivity index (χ0n) is 7.94. The molecule has 2 rings (SSSR count). The molecule has 0 aliphatic carbocycles. The number of halogens is 1. The van der Waals surface area contributed by atoms with Crippen LogP contribution >= 0.6 is 0 Å². The molecule has 2 aromatic rings. The number of hydrogen-bond donors (Lipinski definition) is 0. The summed E-state index contributed by atoms with van der Waals surface area (Å²) in [6, 6.07) is 10.6. The zero-order chi connectivity index (χ0) is 9.97. The van der Waals surface area contributed by atoms with Crippen LogP contribution in [0.25, 0.3) is 11.1 Å². The van der Waals surface area contributed by atoms with Gasteiger partial charge in [-0.1, -0.05) is 18.2 Å². The van der Waals surface area contributed by atoms with Gasteiger partial charge in [0.2, 0.25) is 0 Å². The molecule has 1 aromatic heterocycles. The maximum atomic E-state index is 13.4. The molecule has 0 aliphatic rings. The Bertz CT molecular complexity index is 434. The zero-order valence-corrected chi connectivity index (χ0v) is 7.94. The van der Waals surface area contributed by atoms with Gasteiger partial charge in [-0.3, -0.25) is 0 Å². The Morgan fingerprint density at radius 2 is 1.64 bits per heavy atom. The quantitative estimate of drug-likeness (QED) is 0.605. The molecule has 0 atom stereocenters. The minimum absolute atomic E-state index is 0.179. The third kappa shape index (κ3) is 1.64. The standard InChI is InChI=1S/C12H11FN/c1-14-8-6-10(7-9-14)11-4-2-3-5-12(11)13/h2-9H,1H3/q+1. The first-order chi connectivity index (χ1) is 6.77. The van der Waals surface area contributed by atoms with Crippen molar-refractivity contribution in [3.63, 3.8) is 0 Å². The molecule has 0 bridgehead atoms. The van der Waals surface area contributed by atoms with Gasteiger partial charge < -0.3 is 0 Å². The summed E-state index contributed by atoms with van der Waals surface area (Å²) in [6.45, 7) is 0. The van der Waals surface area contributed by atoms with E-state index in [1.165, 1.54) is 6.07 Å². The topological polar surface area (TPSA) is 3.88 Å². The second-order valence-electron chi connectivity index (χ2n) is 3.23. The highest BCUT2D eigenvalue weighted by molar-refractivity contribution is 5.62. The molecule has 0 spiro atoms. The lowest BCUT2D eigenvalue weighted by molar-refractivity contribution is -0.671. The maximum absolute atomic E-state index is 13.4. The van der Waals surface area contributed by atoms with Crippen LogP contribution in [0, 0.1) is 5.82 Å². The number of aromatic nitrogens is 1. The molecular weight excluding hydrogens is 177 g/mol. The van der Waals surface area contributed by atoms with Crippen molar-refractivity contribution in [2.45, 2.75) is 0 Å². The average molecular weight is 188 g/mol. The van der Waals surface area contributed by atoms with Gasteiger partial charge in [-0.15, -0.1) is 0 Å². The van der Waals surface area contributed by atoms with Crippen molar-refractivity contribution in [1.82, 2.24) is 0 Å². The summed E-state index contributed by atoms with van der Waals surface area (Å²) >= 11 is 0. The molecule has 0 radical (unpaired) electrons. The molecule has 0 saturated heterocycles. The highest BCUT2D eigenvalue weighted by atomic mass is 19.1. The Hall–Kier alpha value is -1.70. The van der Waals surface area contributed by atoms with Crippen molar-refractivity contribution in [2.24, 2.45) is 7.05 Å². The van der Waals surface area contributed by atoms with Crippen LogP contribution in [0.15, 0.2) is 48.8 Å². The molecule has 2 heteroatoms. The van der Waals surface area contributed by atoms with Crippen LogP contribution < -0.4 is 4.57 Å².